The zero-order chi connectivity index (χ0) is 21.0. The van der Waals surface area contributed by atoms with Crippen LogP contribution in [0, 0.1) is 41.0 Å². The van der Waals surface area contributed by atoms with Crippen LogP contribution in [-0.2, 0) is 0 Å². The highest BCUT2D eigenvalue weighted by atomic mass is 15.4. The summed E-state index contributed by atoms with van der Waals surface area (Å²) in [4.78, 5) is 13.9. The Kier molecular flexibility index (Phi) is 5.94. The summed E-state index contributed by atoms with van der Waals surface area (Å²) in [5.74, 6) is 0.973. The van der Waals surface area contributed by atoms with Crippen LogP contribution >= 0.6 is 0 Å². The van der Waals surface area contributed by atoms with Gasteiger partial charge in [-0.05, 0) is 24.5 Å². The molecule has 1 fully saturated rings. The van der Waals surface area contributed by atoms with Gasteiger partial charge >= 0.3 is 0 Å². The highest BCUT2D eigenvalue weighted by molar-refractivity contribution is 5.97. The number of guanidine groups is 1. The molecule has 3 rings (SSSR count). The second-order valence-electron chi connectivity index (χ2n) is 7.34. The van der Waals surface area contributed by atoms with E-state index in [-0.39, 0.29) is 17.9 Å². The van der Waals surface area contributed by atoms with Gasteiger partial charge < -0.3 is 9.80 Å². The van der Waals surface area contributed by atoms with Crippen LogP contribution < -0.4 is 9.80 Å². The third kappa shape index (κ3) is 3.97. The summed E-state index contributed by atoms with van der Waals surface area (Å²) in [5.41, 5.74) is 1.96. The molecule has 1 aliphatic rings. The van der Waals surface area contributed by atoms with Gasteiger partial charge in [0.05, 0.1) is 11.7 Å². The van der Waals surface area contributed by atoms with Crippen LogP contribution in [0.2, 0.25) is 0 Å². The van der Waals surface area contributed by atoms with Crippen molar-refractivity contribution in [3.8, 4) is 12.3 Å². The van der Waals surface area contributed by atoms with Gasteiger partial charge in [-0.15, -0.1) is 0 Å². The fourth-order valence-corrected chi connectivity index (χ4v) is 3.64. The molecular weight excluding hydrogens is 364 g/mol. The minimum Gasteiger partial charge on any atom is -0.350 e. The summed E-state index contributed by atoms with van der Waals surface area (Å²) in [6.07, 6.45) is 5.27. The molecule has 1 N–H and O–H groups in total. The Bertz CT molecular complexity index is 971. The molecule has 1 atom stereocenters. The number of aromatic nitrogens is 2. The van der Waals surface area contributed by atoms with E-state index in [1.165, 1.54) is 11.1 Å². The van der Waals surface area contributed by atoms with Crippen molar-refractivity contribution in [3.63, 3.8) is 0 Å². The van der Waals surface area contributed by atoms with Crippen molar-refractivity contribution in [2.24, 2.45) is 5.92 Å². The first-order valence-electron chi connectivity index (χ1n) is 9.54. The summed E-state index contributed by atoms with van der Waals surface area (Å²) in [6.45, 7) is 7.86. The van der Waals surface area contributed by atoms with Gasteiger partial charge in [0.1, 0.15) is 6.07 Å². The van der Waals surface area contributed by atoms with E-state index in [9.17, 15) is 10.5 Å². The topological polar surface area (TPSA) is 107 Å². The fraction of sp³-hybridized carbons (Fsp3) is 0.381. The van der Waals surface area contributed by atoms with E-state index in [1.54, 1.807) is 6.20 Å². The van der Waals surface area contributed by atoms with E-state index in [2.05, 4.69) is 36.1 Å². The average Bonchev–Trinajstić information content (AvgIpc) is 2.75. The SMILES string of the molecule is Cc1ccccc1N(C#N)C(=N)N1CCN(c2nccnc2C#N)CC1C(C)C. The largest absolute Gasteiger partial charge is 0.350 e. The molecule has 8 nitrogen and oxygen atoms in total. The minimum absolute atomic E-state index is 0.00957. The monoisotopic (exact) mass is 388 g/mol. The molecule has 0 bridgehead atoms. The molecule has 1 aromatic carbocycles. The van der Waals surface area contributed by atoms with Gasteiger partial charge in [0.25, 0.3) is 0 Å². The molecule has 1 aliphatic heterocycles. The Labute approximate surface area is 171 Å². The Morgan fingerprint density at radius 2 is 1.93 bits per heavy atom. The van der Waals surface area contributed by atoms with Gasteiger partial charge in [-0.1, -0.05) is 32.0 Å². The summed E-state index contributed by atoms with van der Waals surface area (Å²) in [7, 11) is 0. The molecule has 2 aromatic rings. The zero-order valence-corrected chi connectivity index (χ0v) is 16.9. The molecule has 0 aliphatic carbocycles. The van der Waals surface area contributed by atoms with Crippen LogP contribution in [0.1, 0.15) is 25.1 Å². The number of nitrogens with zero attached hydrogens (tertiary/aromatic N) is 7. The standard InChI is InChI=1S/C21H24N8/c1-15(2)19-13-27(20-17(12-22)25-8-9-26-20)10-11-28(19)21(24)29(14-23)18-7-5-4-6-16(18)3/h4-9,15,19,24H,10-11,13H2,1-3H3. The lowest BCUT2D eigenvalue weighted by Crippen LogP contribution is -2.60. The second-order valence-corrected chi connectivity index (χ2v) is 7.34. The molecular formula is C21H24N8. The second kappa shape index (κ2) is 8.57. The van der Waals surface area contributed by atoms with Crippen LogP contribution in [-0.4, -0.2) is 46.5 Å². The Hall–Kier alpha value is -3.65. The lowest BCUT2D eigenvalue weighted by Gasteiger charge is -2.45. The first kappa shape index (κ1) is 20.1. The molecule has 0 spiro atoms. The van der Waals surface area contributed by atoms with Crippen LogP contribution in [0.3, 0.4) is 0 Å². The third-order valence-electron chi connectivity index (χ3n) is 5.21. The summed E-state index contributed by atoms with van der Waals surface area (Å²) >= 11 is 0. The van der Waals surface area contributed by atoms with Crippen molar-refractivity contribution in [2.75, 3.05) is 29.4 Å². The van der Waals surface area contributed by atoms with E-state index in [1.807, 2.05) is 41.0 Å². The summed E-state index contributed by atoms with van der Waals surface area (Å²) in [6, 6.07) is 9.67. The van der Waals surface area contributed by atoms with Crippen molar-refractivity contribution in [3.05, 3.63) is 47.9 Å². The van der Waals surface area contributed by atoms with E-state index in [4.69, 9.17) is 5.41 Å². The molecule has 0 radical (unpaired) electrons. The maximum Gasteiger partial charge on any atom is 0.212 e. The highest BCUT2D eigenvalue weighted by Gasteiger charge is 2.34. The van der Waals surface area contributed by atoms with E-state index < -0.39 is 0 Å². The van der Waals surface area contributed by atoms with E-state index in [0.717, 1.165) is 5.56 Å². The van der Waals surface area contributed by atoms with Gasteiger partial charge in [0, 0.05) is 32.0 Å². The lowest BCUT2D eigenvalue weighted by atomic mass is 9.99. The van der Waals surface area contributed by atoms with Crippen LogP contribution in [0.15, 0.2) is 36.7 Å². The number of rotatable bonds is 3. The zero-order valence-electron chi connectivity index (χ0n) is 16.9. The van der Waals surface area contributed by atoms with Gasteiger partial charge in [0.2, 0.25) is 5.96 Å². The van der Waals surface area contributed by atoms with Crippen LogP contribution in [0.5, 0.6) is 0 Å². The molecule has 2 heterocycles. The lowest BCUT2D eigenvalue weighted by molar-refractivity contribution is 0.220. The smallest absolute Gasteiger partial charge is 0.212 e. The number of hydrogen-bond acceptors (Lipinski definition) is 6. The third-order valence-corrected chi connectivity index (χ3v) is 5.21. The summed E-state index contributed by atoms with van der Waals surface area (Å²) < 4.78 is 0. The molecule has 29 heavy (non-hydrogen) atoms. The Morgan fingerprint density at radius 3 is 2.59 bits per heavy atom. The highest BCUT2D eigenvalue weighted by Crippen LogP contribution is 2.26. The molecule has 8 heteroatoms. The molecule has 1 saturated heterocycles. The average molecular weight is 388 g/mol. The fourth-order valence-electron chi connectivity index (χ4n) is 3.64. The van der Waals surface area contributed by atoms with Crippen molar-refractivity contribution < 1.29 is 0 Å². The molecule has 1 unspecified atom stereocenters. The van der Waals surface area contributed by atoms with Gasteiger partial charge in [-0.2, -0.15) is 10.5 Å². The number of nitrogens with one attached hydrogen (secondary N) is 1. The van der Waals surface area contributed by atoms with Crippen molar-refractivity contribution in [1.29, 1.82) is 15.9 Å². The number of nitriles is 2. The number of piperazine rings is 1. The Balaban J connectivity index is 1.87. The maximum atomic E-state index is 9.77. The van der Waals surface area contributed by atoms with E-state index >= 15 is 0 Å². The first-order valence-corrected chi connectivity index (χ1v) is 9.54. The van der Waals surface area contributed by atoms with Crippen LogP contribution in [0.4, 0.5) is 11.5 Å². The molecule has 0 saturated carbocycles. The minimum atomic E-state index is -0.00957. The maximum absolute atomic E-state index is 9.77. The first-order chi connectivity index (χ1) is 14.0. The number of aryl methyl sites for hydroxylation is 1. The van der Waals surface area contributed by atoms with Crippen molar-refractivity contribution in [2.45, 2.75) is 26.8 Å². The number of anilines is 2. The summed E-state index contributed by atoms with van der Waals surface area (Å²) in [5, 5.41) is 27.9. The normalized spacial score (nSPS) is 16.3. The predicted molar refractivity (Wildman–Crippen MR) is 111 cm³/mol. The predicted octanol–water partition coefficient (Wildman–Crippen LogP) is 2.73. The van der Waals surface area contributed by atoms with Gasteiger partial charge in [0.15, 0.2) is 17.7 Å². The quantitative estimate of drug-likeness (QED) is 0.373. The van der Waals surface area contributed by atoms with Gasteiger partial charge in [-0.3, -0.25) is 5.41 Å². The Morgan fingerprint density at radius 1 is 1.21 bits per heavy atom. The molecule has 148 valence electrons. The van der Waals surface area contributed by atoms with E-state index in [0.29, 0.717) is 36.8 Å². The molecule has 0 amide bonds. The van der Waals surface area contributed by atoms with Gasteiger partial charge in [-0.25, -0.2) is 14.9 Å². The van der Waals surface area contributed by atoms with Crippen molar-refractivity contribution in [1.82, 2.24) is 14.9 Å². The number of para-hydroxylation sites is 1. The molecule has 1 aromatic heterocycles. The number of benzene rings is 1. The number of hydrogen-bond donors (Lipinski definition) is 1. The van der Waals surface area contributed by atoms with Crippen LogP contribution in [0.25, 0.3) is 0 Å². The van der Waals surface area contributed by atoms with Crippen molar-refractivity contribution >= 4 is 17.5 Å².